The number of hydrogen-bond donors (Lipinski definition) is 0. The zero-order chi connectivity index (χ0) is 23.5. The molecule has 0 N–H and O–H groups in total. The van der Waals surface area contributed by atoms with Crippen molar-refractivity contribution in [2.75, 3.05) is 14.1 Å². The van der Waals surface area contributed by atoms with Gasteiger partial charge in [0.25, 0.3) is 0 Å². The molecule has 0 aromatic carbocycles. The summed E-state index contributed by atoms with van der Waals surface area (Å²) in [4.78, 5) is 2.55. The summed E-state index contributed by atoms with van der Waals surface area (Å²) in [6.45, 7) is 18.2. The largest absolute Gasteiger partial charge is 0.306 e. The van der Waals surface area contributed by atoms with E-state index in [0.29, 0.717) is 16.2 Å². The van der Waals surface area contributed by atoms with Crippen molar-refractivity contribution in [3.05, 3.63) is 0 Å². The fourth-order valence-corrected chi connectivity index (χ4v) is 11.0. The van der Waals surface area contributed by atoms with Crippen molar-refractivity contribution in [3.8, 4) is 0 Å². The van der Waals surface area contributed by atoms with E-state index < -0.39 is 0 Å². The molecule has 4 rings (SSSR count). The van der Waals surface area contributed by atoms with Crippen LogP contribution in [-0.2, 0) is 0 Å². The zero-order valence-electron chi connectivity index (χ0n) is 23.3. The van der Waals surface area contributed by atoms with Crippen LogP contribution in [0.25, 0.3) is 0 Å². The Balaban J connectivity index is 1.50. The van der Waals surface area contributed by atoms with Crippen molar-refractivity contribution in [2.24, 2.45) is 57.7 Å². The lowest BCUT2D eigenvalue weighted by Gasteiger charge is -2.66. The van der Waals surface area contributed by atoms with E-state index in [9.17, 15) is 0 Å². The molecule has 0 aromatic rings. The third kappa shape index (κ3) is 3.93. The van der Waals surface area contributed by atoms with E-state index in [1.54, 1.807) is 6.42 Å². The monoisotopic (exact) mass is 443 g/mol. The first-order valence-electron chi connectivity index (χ1n) is 14.6. The summed E-state index contributed by atoms with van der Waals surface area (Å²) < 4.78 is 0. The lowest BCUT2D eigenvalue weighted by atomic mass is 9.40. The summed E-state index contributed by atoms with van der Waals surface area (Å²) >= 11 is 0. The van der Waals surface area contributed by atoms with Crippen LogP contribution in [0.5, 0.6) is 0 Å². The maximum Gasteiger partial charge on any atom is 0.0143 e. The molecule has 32 heavy (non-hydrogen) atoms. The highest BCUT2D eigenvalue weighted by atomic mass is 15.1. The quantitative estimate of drug-likeness (QED) is 0.397. The van der Waals surface area contributed by atoms with Gasteiger partial charge in [-0.2, -0.15) is 0 Å². The first-order chi connectivity index (χ1) is 14.9. The Hall–Kier alpha value is -0.0400. The van der Waals surface area contributed by atoms with E-state index in [4.69, 9.17) is 0 Å². The normalized spacial score (nSPS) is 46.6. The third-order valence-electron chi connectivity index (χ3n) is 12.4. The molecule has 0 saturated heterocycles. The standard InChI is InChI=1S/C31H57N/c1-21(2)11-10-12-22(3)24-14-15-25-23-13-16-27-29(4,5)28(32(8)9)18-20-31(27,7)26(23)17-19-30(24,25)6/h21-28H,10-20H2,1-9H3/t22-,23+,24-,25+,26+,27+,28+,30-,31-/m1/s1. The Kier molecular flexibility index (Phi) is 6.95. The number of hydrogen-bond acceptors (Lipinski definition) is 1. The predicted octanol–water partition coefficient (Wildman–Crippen LogP) is 8.67. The molecule has 0 aliphatic heterocycles. The van der Waals surface area contributed by atoms with E-state index in [0.717, 1.165) is 47.5 Å². The van der Waals surface area contributed by atoms with Crippen LogP contribution in [0.15, 0.2) is 0 Å². The molecule has 0 amide bonds. The van der Waals surface area contributed by atoms with Gasteiger partial charge in [-0.15, -0.1) is 0 Å². The van der Waals surface area contributed by atoms with Crippen molar-refractivity contribution < 1.29 is 0 Å². The molecule has 1 heteroatoms. The minimum Gasteiger partial charge on any atom is -0.306 e. The van der Waals surface area contributed by atoms with Gasteiger partial charge in [0.2, 0.25) is 0 Å². The van der Waals surface area contributed by atoms with Gasteiger partial charge in [0.05, 0.1) is 0 Å². The van der Waals surface area contributed by atoms with Gasteiger partial charge in [-0.05, 0) is 123 Å². The Bertz CT molecular complexity index is 649. The minimum atomic E-state index is 0.450. The molecule has 4 aliphatic carbocycles. The van der Waals surface area contributed by atoms with E-state index in [-0.39, 0.29) is 0 Å². The molecule has 0 radical (unpaired) electrons. The molecule has 186 valence electrons. The van der Waals surface area contributed by atoms with Gasteiger partial charge in [0.15, 0.2) is 0 Å². The van der Waals surface area contributed by atoms with Gasteiger partial charge >= 0.3 is 0 Å². The molecule has 4 fully saturated rings. The van der Waals surface area contributed by atoms with Crippen molar-refractivity contribution >= 4 is 0 Å². The van der Waals surface area contributed by atoms with Crippen molar-refractivity contribution in [2.45, 2.75) is 125 Å². The molecule has 0 unspecified atom stereocenters. The molecular formula is C31H57N. The summed E-state index contributed by atoms with van der Waals surface area (Å²) in [7, 11) is 4.65. The van der Waals surface area contributed by atoms with E-state index in [1.165, 1.54) is 64.2 Å². The fourth-order valence-electron chi connectivity index (χ4n) is 11.0. The van der Waals surface area contributed by atoms with Crippen molar-refractivity contribution in [1.82, 2.24) is 4.90 Å². The highest BCUT2D eigenvalue weighted by molar-refractivity contribution is 5.13. The van der Waals surface area contributed by atoms with Crippen LogP contribution >= 0.6 is 0 Å². The van der Waals surface area contributed by atoms with Crippen LogP contribution in [0.3, 0.4) is 0 Å². The van der Waals surface area contributed by atoms with Crippen LogP contribution in [0, 0.1) is 57.7 Å². The third-order valence-corrected chi connectivity index (χ3v) is 12.4. The van der Waals surface area contributed by atoms with Gasteiger partial charge in [-0.1, -0.05) is 67.7 Å². The minimum absolute atomic E-state index is 0.450. The molecule has 1 nitrogen and oxygen atoms in total. The second-order valence-corrected chi connectivity index (χ2v) is 14.9. The van der Waals surface area contributed by atoms with E-state index >= 15 is 0 Å². The molecule has 4 saturated carbocycles. The first kappa shape index (κ1) is 25.1. The highest BCUT2D eigenvalue weighted by Gasteiger charge is 2.63. The molecule has 0 spiro atoms. The van der Waals surface area contributed by atoms with Crippen LogP contribution in [0.4, 0.5) is 0 Å². The van der Waals surface area contributed by atoms with Crippen LogP contribution < -0.4 is 0 Å². The van der Waals surface area contributed by atoms with Gasteiger partial charge in [-0.3, -0.25) is 0 Å². The summed E-state index contributed by atoms with van der Waals surface area (Å²) in [5.41, 5.74) is 1.67. The Labute approximate surface area is 201 Å². The maximum absolute atomic E-state index is 2.76. The summed E-state index contributed by atoms with van der Waals surface area (Å²) in [5.74, 6) is 6.74. The topological polar surface area (TPSA) is 3.24 Å². The van der Waals surface area contributed by atoms with E-state index in [1.807, 2.05) is 0 Å². The smallest absolute Gasteiger partial charge is 0.0143 e. The predicted molar refractivity (Wildman–Crippen MR) is 140 cm³/mol. The molecule has 0 bridgehead atoms. The molecule has 0 heterocycles. The average Bonchev–Trinajstić information content (AvgIpc) is 3.04. The molecular weight excluding hydrogens is 386 g/mol. The second-order valence-electron chi connectivity index (χ2n) is 14.9. The van der Waals surface area contributed by atoms with Crippen LogP contribution in [0.1, 0.15) is 119 Å². The van der Waals surface area contributed by atoms with Gasteiger partial charge in [-0.25, -0.2) is 0 Å². The Morgan fingerprint density at radius 2 is 1.41 bits per heavy atom. The Morgan fingerprint density at radius 3 is 2.06 bits per heavy atom. The fraction of sp³-hybridized carbons (Fsp3) is 1.00. The summed E-state index contributed by atoms with van der Waals surface area (Å²) in [5, 5.41) is 0. The second kappa shape index (κ2) is 8.87. The van der Waals surface area contributed by atoms with Gasteiger partial charge in [0, 0.05) is 6.04 Å². The van der Waals surface area contributed by atoms with Crippen molar-refractivity contribution in [1.29, 1.82) is 0 Å². The number of nitrogens with zero attached hydrogens (tertiary/aromatic N) is 1. The van der Waals surface area contributed by atoms with Gasteiger partial charge < -0.3 is 4.90 Å². The summed E-state index contributed by atoms with van der Waals surface area (Å²) in [6.07, 6.45) is 16.4. The lowest BCUT2D eigenvalue weighted by molar-refractivity contribution is -0.164. The highest BCUT2D eigenvalue weighted by Crippen LogP contribution is 2.70. The number of fused-ring (bicyclic) bond motifs is 5. The first-order valence-corrected chi connectivity index (χ1v) is 14.6. The zero-order valence-corrected chi connectivity index (χ0v) is 23.3. The SMILES string of the molecule is CC(C)CCC[C@@H](C)[C@H]1CC[C@H]2[C@@H]3CC[C@H]4C(C)(C)[C@@H](N(C)C)CC[C@]4(C)[C@H]3CC[C@]12C. The van der Waals surface area contributed by atoms with Crippen LogP contribution in [-0.4, -0.2) is 25.0 Å². The number of rotatable bonds is 6. The molecule has 9 atom stereocenters. The average molecular weight is 444 g/mol. The van der Waals surface area contributed by atoms with Crippen LogP contribution in [0.2, 0.25) is 0 Å². The lowest BCUT2D eigenvalue weighted by Crippen LogP contribution is -2.61. The summed E-state index contributed by atoms with van der Waals surface area (Å²) in [6, 6.07) is 0.758. The Morgan fingerprint density at radius 1 is 0.750 bits per heavy atom. The maximum atomic E-state index is 2.76. The van der Waals surface area contributed by atoms with E-state index in [2.05, 4.69) is 67.5 Å². The molecule has 4 aliphatic rings. The van der Waals surface area contributed by atoms with Gasteiger partial charge in [0.1, 0.15) is 0 Å². The molecule has 0 aromatic heterocycles. The van der Waals surface area contributed by atoms with Crippen molar-refractivity contribution in [3.63, 3.8) is 0 Å².